The van der Waals surface area contributed by atoms with Crippen molar-refractivity contribution < 1.29 is 26.7 Å². The first-order valence-corrected chi connectivity index (χ1v) is 12.3. The maximum Gasteiger partial charge on any atom is 0.393 e. The summed E-state index contributed by atoms with van der Waals surface area (Å²) in [5, 5.41) is 5.68. The van der Waals surface area contributed by atoms with E-state index in [2.05, 4.69) is 15.6 Å². The fourth-order valence-electron chi connectivity index (χ4n) is 4.24. The van der Waals surface area contributed by atoms with Gasteiger partial charge in [-0.15, -0.1) is 0 Å². The zero-order valence-electron chi connectivity index (χ0n) is 19.3. The maximum atomic E-state index is 13.3. The van der Waals surface area contributed by atoms with E-state index in [0.29, 0.717) is 41.2 Å². The number of fused-ring (bicyclic) bond motifs is 1. The van der Waals surface area contributed by atoms with Gasteiger partial charge in [0.2, 0.25) is 5.95 Å². The van der Waals surface area contributed by atoms with Gasteiger partial charge in [-0.1, -0.05) is 40.9 Å². The fraction of sp³-hybridized carbons (Fsp3) is 0.391. The second-order valence-corrected chi connectivity index (χ2v) is 9.84. The van der Waals surface area contributed by atoms with E-state index in [9.17, 15) is 26.7 Å². The number of piperidine rings is 1. The monoisotopic (exact) mass is 583 g/mol. The number of rotatable bonds is 6. The van der Waals surface area contributed by atoms with Crippen LogP contribution in [-0.4, -0.2) is 41.1 Å². The highest BCUT2D eigenvalue weighted by Gasteiger charge is 2.42. The highest BCUT2D eigenvalue weighted by Crippen LogP contribution is 2.40. The molecule has 1 aliphatic heterocycles. The van der Waals surface area contributed by atoms with Gasteiger partial charge in [-0.3, -0.25) is 4.79 Å². The summed E-state index contributed by atoms with van der Waals surface area (Å²) in [5.41, 5.74) is 2.14. The van der Waals surface area contributed by atoms with Crippen LogP contribution in [0.1, 0.15) is 18.4 Å². The van der Waals surface area contributed by atoms with Gasteiger partial charge in [0.25, 0.3) is 5.91 Å². The van der Waals surface area contributed by atoms with Gasteiger partial charge in [0, 0.05) is 26.7 Å². The van der Waals surface area contributed by atoms with Crippen molar-refractivity contribution in [2.45, 2.75) is 32.0 Å². The maximum absolute atomic E-state index is 13.3. The SMILES string of the molecule is Cn1c(Nc2c(Cl)ccc(CNC(=O)C(F)F)c2Cl)nc2cc(Cl)c(N3CCCC(C(F)(F)F)C3)cc21. The number of amides is 1. The van der Waals surface area contributed by atoms with Crippen molar-refractivity contribution in [3.63, 3.8) is 0 Å². The molecule has 0 bridgehead atoms. The van der Waals surface area contributed by atoms with E-state index in [0.717, 1.165) is 0 Å². The predicted octanol–water partition coefficient (Wildman–Crippen LogP) is 6.94. The Morgan fingerprint density at radius 2 is 1.92 bits per heavy atom. The molecule has 6 nitrogen and oxygen atoms in total. The van der Waals surface area contributed by atoms with Crippen LogP contribution in [0.2, 0.25) is 15.1 Å². The van der Waals surface area contributed by atoms with Crippen molar-refractivity contribution in [1.82, 2.24) is 14.9 Å². The molecule has 0 spiro atoms. The van der Waals surface area contributed by atoms with Gasteiger partial charge < -0.3 is 20.1 Å². The third kappa shape index (κ3) is 5.83. The van der Waals surface area contributed by atoms with E-state index in [4.69, 9.17) is 34.8 Å². The number of imidazole rings is 1. The van der Waals surface area contributed by atoms with Crippen LogP contribution in [0.15, 0.2) is 24.3 Å². The second-order valence-electron chi connectivity index (χ2n) is 8.65. The van der Waals surface area contributed by atoms with Crippen LogP contribution in [0.3, 0.4) is 0 Å². The summed E-state index contributed by atoms with van der Waals surface area (Å²) in [7, 11) is 1.69. The molecule has 4 rings (SSSR count). The van der Waals surface area contributed by atoms with Crippen molar-refractivity contribution >= 4 is 69.1 Å². The molecule has 1 atom stereocenters. The molecule has 0 aliphatic carbocycles. The Bertz CT molecular complexity index is 1330. The van der Waals surface area contributed by atoms with Gasteiger partial charge in [-0.05, 0) is 36.6 Å². The molecule has 0 saturated carbocycles. The fourth-order valence-corrected chi connectivity index (χ4v) is 5.05. The van der Waals surface area contributed by atoms with Crippen molar-refractivity contribution in [2.24, 2.45) is 13.0 Å². The number of benzene rings is 2. The average Bonchev–Trinajstić information content (AvgIpc) is 3.13. The molecule has 1 amide bonds. The van der Waals surface area contributed by atoms with Gasteiger partial charge in [-0.2, -0.15) is 22.0 Å². The van der Waals surface area contributed by atoms with E-state index in [1.54, 1.807) is 28.6 Å². The first kappa shape index (κ1) is 27.5. The van der Waals surface area contributed by atoms with Crippen LogP contribution in [0.5, 0.6) is 0 Å². The zero-order chi connectivity index (χ0) is 27.1. The van der Waals surface area contributed by atoms with Gasteiger partial charge >= 0.3 is 12.6 Å². The Kier molecular flexibility index (Phi) is 7.96. The lowest BCUT2D eigenvalue weighted by Crippen LogP contribution is -2.41. The Hall–Kier alpha value is -2.50. The minimum absolute atomic E-state index is 0.0754. The second kappa shape index (κ2) is 10.7. The standard InChI is InChI=1S/C23H21Cl3F5N5O/c1-35-17-8-16(36-6-2-3-12(10-36)23(29,30)31)14(25)7-15(17)33-22(35)34-19-13(24)5-4-11(18(19)26)9-32-21(37)20(27)28/h4-5,7-8,12,20H,2-3,6,9-10H2,1H3,(H,32,37)(H,33,34). The van der Waals surface area contributed by atoms with E-state index in [1.807, 2.05) is 0 Å². The molecule has 0 radical (unpaired) electrons. The molecule has 14 heteroatoms. The molecule has 3 aromatic rings. The largest absolute Gasteiger partial charge is 0.393 e. The van der Waals surface area contributed by atoms with Gasteiger partial charge in [-0.25, -0.2) is 4.98 Å². The first-order valence-electron chi connectivity index (χ1n) is 11.1. The smallest absolute Gasteiger partial charge is 0.370 e. The number of alkyl halides is 5. The van der Waals surface area contributed by atoms with Crippen molar-refractivity contribution in [3.05, 3.63) is 44.9 Å². The summed E-state index contributed by atoms with van der Waals surface area (Å²) < 4.78 is 66.6. The van der Waals surface area contributed by atoms with Crippen LogP contribution in [0.4, 0.5) is 39.3 Å². The Morgan fingerprint density at radius 3 is 2.59 bits per heavy atom. The molecule has 2 N–H and O–H groups in total. The lowest BCUT2D eigenvalue weighted by molar-refractivity contribution is -0.176. The van der Waals surface area contributed by atoms with Crippen molar-refractivity contribution in [2.75, 3.05) is 23.3 Å². The number of anilines is 3. The first-order chi connectivity index (χ1) is 17.4. The quantitative estimate of drug-likeness (QED) is 0.308. The van der Waals surface area contributed by atoms with E-state index < -0.39 is 24.4 Å². The Balaban J connectivity index is 1.63. The molecule has 1 aromatic heterocycles. The number of hydrogen-bond donors (Lipinski definition) is 2. The number of carbonyl (C=O) groups excluding carboxylic acids is 1. The number of halogens is 8. The molecule has 200 valence electrons. The summed E-state index contributed by atoms with van der Waals surface area (Å²) in [5.74, 6) is -2.56. The van der Waals surface area contributed by atoms with Crippen molar-refractivity contribution in [1.29, 1.82) is 0 Å². The minimum atomic E-state index is -4.28. The third-order valence-corrected chi connectivity index (χ3v) is 7.28. The van der Waals surface area contributed by atoms with Crippen LogP contribution in [-0.2, 0) is 18.4 Å². The molecular formula is C23H21Cl3F5N5O. The molecular weight excluding hydrogens is 564 g/mol. The number of aromatic nitrogens is 2. The number of nitrogens with zero attached hydrogens (tertiary/aromatic N) is 3. The molecule has 1 fully saturated rings. The summed E-state index contributed by atoms with van der Waals surface area (Å²) in [6.45, 7) is 0.0166. The Morgan fingerprint density at radius 1 is 1.19 bits per heavy atom. The number of hydrogen-bond acceptors (Lipinski definition) is 4. The lowest BCUT2D eigenvalue weighted by Gasteiger charge is -2.35. The average molecular weight is 585 g/mol. The predicted molar refractivity (Wildman–Crippen MR) is 134 cm³/mol. The summed E-state index contributed by atoms with van der Waals surface area (Å²) in [6, 6.07) is 6.25. The zero-order valence-corrected chi connectivity index (χ0v) is 21.5. The van der Waals surface area contributed by atoms with E-state index in [-0.39, 0.29) is 40.3 Å². The molecule has 1 unspecified atom stereocenters. The topological polar surface area (TPSA) is 62.2 Å². The van der Waals surface area contributed by atoms with Crippen LogP contribution >= 0.6 is 34.8 Å². The van der Waals surface area contributed by atoms with Gasteiger partial charge in [0.05, 0.1) is 43.4 Å². The van der Waals surface area contributed by atoms with Gasteiger partial charge in [0.15, 0.2) is 0 Å². The Labute approximate surface area is 223 Å². The summed E-state index contributed by atoms with van der Waals surface area (Å²) in [4.78, 5) is 17.4. The van der Waals surface area contributed by atoms with Gasteiger partial charge in [0.1, 0.15) is 0 Å². The highest BCUT2D eigenvalue weighted by molar-refractivity contribution is 6.39. The van der Waals surface area contributed by atoms with Crippen LogP contribution in [0.25, 0.3) is 11.0 Å². The molecule has 37 heavy (non-hydrogen) atoms. The number of carbonyl (C=O) groups is 1. The van der Waals surface area contributed by atoms with Crippen LogP contribution < -0.4 is 15.5 Å². The molecule has 2 aromatic carbocycles. The van der Waals surface area contributed by atoms with Crippen LogP contribution in [0, 0.1) is 5.92 Å². The summed E-state index contributed by atoms with van der Waals surface area (Å²) in [6.07, 6.45) is -6.98. The number of aryl methyl sites for hydroxylation is 1. The van der Waals surface area contributed by atoms with E-state index >= 15 is 0 Å². The van der Waals surface area contributed by atoms with E-state index in [1.165, 1.54) is 12.1 Å². The lowest BCUT2D eigenvalue weighted by atomic mass is 9.97. The normalized spacial score (nSPS) is 16.5. The molecule has 2 heterocycles. The summed E-state index contributed by atoms with van der Waals surface area (Å²) >= 11 is 19.2. The highest BCUT2D eigenvalue weighted by atomic mass is 35.5. The third-order valence-electron chi connectivity index (χ3n) is 6.23. The number of nitrogens with one attached hydrogen (secondary N) is 2. The molecule has 1 aliphatic rings. The van der Waals surface area contributed by atoms with Crippen molar-refractivity contribution in [3.8, 4) is 0 Å². The minimum Gasteiger partial charge on any atom is -0.370 e. The molecule has 1 saturated heterocycles.